The first kappa shape index (κ1) is 20.5. The molecule has 0 aliphatic carbocycles. The van der Waals surface area contributed by atoms with Crippen LogP contribution in [0.3, 0.4) is 0 Å². The summed E-state index contributed by atoms with van der Waals surface area (Å²) in [6.45, 7) is 0.431. The van der Waals surface area contributed by atoms with Gasteiger partial charge in [-0.25, -0.2) is 0 Å². The number of carbonyl (C=O) groups excluding carboxylic acids is 2. The van der Waals surface area contributed by atoms with Crippen molar-refractivity contribution in [1.82, 2.24) is 10.6 Å². The van der Waals surface area contributed by atoms with Gasteiger partial charge in [0.1, 0.15) is 5.75 Å². The summed E-state index contributed by atoms with van der Waals surface area (Å²) in [6, 6.07) is 19.2. The Hall–Kier alpha value is -3.24. The Morgan fingerprint density at radius 1 is 1.24 bits per heavy atom. The molecule has 0 saturated heterocycles. The molecule has 0 spiro atoms. The minimum Gasteiger partial charge on any atom is -0.496 e. The largest absolute Gasteiger partial charge is 0.496 e. The average molecular weight is 407 g/mol. The zero-order chi connectivity index (χ0) is 20.6. The van der Waals surface area contributed by atoms with Crippen LogP contribution in [0.25, 0.3) is 0 Å². The van der Waals surface area contributed by atoms with Gasteiger partial charge in [0.25, 0.3) is 0 Å². The summed E-state index contributed by atoms with van der Waals surface area (Å²) < 4.78 is 5.40. The molecular weight excluding hydrogens is 386 g/mol. The number of para-hydroxylation sites is 1. The highest BCUT2D eigenvalue weighted by Gasteiger charge is 2.31. The van der Waals surface area contributed by atoms with Crippen LogP contribution in [0, 0.1) is 11.3 Å². The Morgan fingerprint density at radius 2 is 1.97 bits per heavy atom. The topological polar surface area (TPSA) is 91.2 Å². The lowest BCUT2D eigenvalue weighted by Crippen LogP contribution is -2.32. The van der Waals surface area contributed by atoms with Gasteiger partial charge in [-0.1, -0.05) is 60.3 Å². The third kappa shape index (κ3) is 5.18. The summed E-state index contributed by atoms with van der Waals surface area (Å²) in [5.74, 6) is -0.0270. The fraction of sp³-hybridized carbons (Fsp3) is 0.227. The van der Waals surface area contributed by atoms with Crippen molar-refractivity contribution in [1.29, 1.82) is 5.26 Å². The zero-order valence-electron chi connectivity index (χ0n) is 16.0. The van der Waals surface area contributed by atoms with Crippen LogP contribution in [0.15, 0.2) is 65.2 Å². The van der Waals surface area contributed by atoms with Crippen LogP contribution in [0.5, 0.6) is 5.75 Å². The van der Waals surface area contributed by atoms with Crippen LogP contribution in [0.4, 0.5) is 0 Å². The normalized spacial score (nSPS) is 16.0. The van der Waals surface area contributed by atoms with Crippen LogP contribution in [-0.2, 0) is 16.1 Å². The molecule has 3 rings (SSSR count). The average Bonchev–Trinajstić information content (AvgIpc) is 2.76. The molecule has 0 aromatic heterocycles. The van der Waals surface area contributed by atoms with E-state index in [1.165, 1.54) is 0 Å². The first-order chi connectivity index (χ1) is 14.1. The van der Waals surface area contributed by atoms with Gasteiger partial charge in [-0.3, -0.25) is 9.59 Å². The van der Waals surface area contributed by atoms with E-state index >= 15 is 0 Å². The second-order valence-corrected chi connectivity index (χ2v) is 7.44. The van der Waals surface area contributed by atoms with Crippen molar-refractivity contribution in [2.75, 3.05) is 12.9 Å². The molecule has 1 aliphatic heterocycles. The molecule has 7 heteroatoms. The molecule has 1 unspecified atom stereocenters. The molecule has 0 bridgehead atoms. The summed E-state index contributed by atoms with van der Waals surface area (Å²) in [7, 11) is 1.56. The smallest absolute Gasteiger partial charge is 0.230 e. The number of hydrogen-bond donors (Lipinski definition) is 2. The second-order valence-electron chi connectivity index (χ2n) is 6.45. The number of hydrogen-bond acceptors (Lipinski definition) is 5. The lowest BCUT2D eigenvalue weighted by Gasteiger charge is -2.26. The fourth-order valence-corrected chi connectivity index (χ4v) is 4.05. The number of carbonyl (C=O) groups is 2. The van der Waals surface area contributed by atoms with Crippen molar-refractivity contribution in [3.05, 3.63) is 76.3 Å². The van der Waals surface area contributed by atoms with Crippen molar-refractivity contribution in [3.8, 4) is 11.8 Å². The molecule has 1 aliphatic rings. The first-order valence-electron chi connectivity index (χ1n) is 9.12. The molecule has 1 heterocycles. The maximum absolute atomic E-state index is 12.3. The van der Waals surface area contributed by atoms with Crippen molar-refractivity contribution < 1.29 is 14.3 Å². The summed E-state index contributed by atoms with van der Waals surface area (Å²) in [6.07, 6.45) is 0.160. The van der Waals surface area contributed by atoms with E-state index in [1.54, 1.807) is 13.2 Å². The monoisotopic (exact) mass is 407 g/mol. The van der Waals surface area contributed by atoms with E-state index in [4.69, 9.17) is 4.74 Å². The van der Waals surface area contributed by atoms with Gasteiger partial charge in [-0.05, 0) is 11.6 Å². The quantitative estimate of drug-likeness (QED) is 0.736. The maximum atomic E-state index is 12.3. The highest BCUT2D eigenvalue weighted by atomic mass is 32.2. The highest BCUT2D eigenvalue weighted by molar-refractivity contribution is 8.03. The van der Waals surface area contributed by atoms with E-state index < -0.39 is 5.92 Å². The number of nitrogens with zero attached hydrogens (tertiary/aromatic N) is 1. The van der Waals surface area contributed by atoms with Crippen LogP contribution >= 0.6 is 11.8 Å². The lowest BCUT2D eigenvalue weighted by molar-refractivity contribution is -0.121. The number of thioether (sulfide) groups is 1. The molecule has 6 nitrogen and oxygen atoms in total. The Balaban J connectivity index is 1.72. The number of allylic oxidation sites excluding steroid dienone is 1. The minimum atomic E-state index is -0.403. The van der Waals surface area contributed by atoms with Gasteiger partial charge in [0, 0.05) is 24.4 Å². The summed E-state index contributed by atoms with van der Waals surface area (Å²) in [5.41, 5.74) is 2.23. The van der Waals surface area contributed by atoms with E-state index in [1.807, 2.05) is 48.5 Å². The number of nitrogens with one attached hydrogen (secondary N) is 2. The Labute approximate surface area is 173 Å². The zero-order valence-corrected chi connectivity index (χ0v) is 16.8. The van der Waals surface area contributed by atoms with Crippen LogP contribution in [-0.4, -0.2) is 24.7 Å². The predicted molar refractivity (Wildman–Crippen MR) is 112 cm³/mol. The van der Waals surface area contributed by atoms with Crippen molar-refractivity contribution in [2.24, 2.45) is 0 Å². The van der Waals surface area contributed by atoms with E-state index in [0.29, 0.717) is 22.9 Å². The van der Waals surface area contributed by atoms with Crippen LogP contribution < -0.4 is 15.4 Å². The minimum absolute atomic E-state index is 0.103. The third-order valence-electron chi connectivity index (χ3n) is 4.55. The molecule has 0 radical (unpaired) electrons. The van der Waals surface area contributed by atoms with Gasteiger partial charge in [0.05, 0.1) is 29.5 Å². The SMILES string of the molecule is COc1ccccc1C1CC(=O)NC(SCC(=O)NCc2ccccc2)=C1C#N. The van der Waals surface area contributed by atoms with Crippen LogP contribution in [0.2, 0.25) is 0 Å². The molecule has 29 heavy (non-hydrogen) atoms. The number of amides is 2. The Kier molecular flexibility index (Phi) is 6.93. The second kappa shape index (κ2) is 9.80. The standard InChI is InChI=1S/C22H21N3O3S/c1-28-19-10-6-5-9-16(19)17-11-20(26)25-22(18(17)12-23)29-14-21(27)24-13-15-7-3-2-4-8-15/h2-10,17H,11,13-14H2,1H3,(H,24,27)(H,25,26). The summed E-state index contributed by atoms with van der Waals surface area (Å²) >= 11 is 1.16. The van der Waals surface area contributed by atoms with Gasteiger partial charge in [-0.15, -0.1) is 0 Å². The summed E-state index contributed by atoms with van der Waals surface area (Å²) in [5, 5.41) is 15.8. The van der Waals surface area contributed by atoms with E-state index in [0.717, 1.165) is 22.9 Å². The molecule has 2 N–H and O–H groups in total. The van der Waals surface area contributed by atoms with E-state index in [2.05, 4.69) is 16.7 Å². The first-order valence-corrected chi connectivity index (χ1v) is 10.1. The van der Waals surface area contributed by atoms with Gasteiger partial charge in [-0.2, -0.15) is 5.26 Å². The molecule has 0 saturated carbocycles. The molecule has 2 aromatic carbocycles. The fourth-order valence-electron chi connectivity index (χ4n) is 3.14. The highest BCUT2D eigenvalue weighted by Crippen LogP contribution is 2.39. The Bertz CT molecular complexity index is 967. The molecule has 1 atom stereocenters. The number of ether oxygens (including phenoxy) is 1. The molecule has 2 aromatic rings. The van der Waals surface area contributed by atoms with E-state index in [-0.39, 0.29) is 24.0 Å². The Morgan fingerprint density at radius 3 is 2.69 bits per heavy atom. The molecule has 0 fully saturated rings. The summed E-state index contributed by atoms with van der Waals surface area (Å²) in [4.78, 5) is 24.5. The van der Waals surface area contributed by atoms with Gasteiger partial charge in [0.15, 0.2) is 0 Å². The van der Waals surface area contributed by atoms with Gasteiger partial charge < -0.3 is 15.4 Å². The van der Waals surface area contributed by atoms with Crippen molar-refractivity contribution >= 4 is 23.6 Å². The van der Waals surface area contributed by atoms with Crippen molar-refractivity contribution in [2.45, 2.75) is 18.9 Å². The predicted octanol–water partition coefficient (Wildman–Crippen LogP) is 3.08. The maximum Gasteiger partial charge on any atom is 0.230 e. The number of nitriles is 1. The van der Waals surface area contributed by atoms with Crippen molar-refractivity contribution in [3.63, 3.8) is 0 Å². The van der Waals surface area contributed by atoms with Gasteiger partial charge >= 0.3 is 0 Å². The lowest BCUT2D eigenvalue weighted by atomic mass is 9.86. The van der Waals surface area contributed by atoms with E-state index in [9.17, 15) is 14.9 Å². The third-order valence-corrected chi connectivity index (χ3v) is 5.57. The molecular formula is C22H21N3O3S. The number of rotatable bonds is 7. The van der Waals surface area contributed by atoms with Gasteiger partial charge in [0.2, 0.25) is 11.8 Å². The number of benzene rings is 2. The molecule has 2 amide bonds. The van der Waals surface area contributed by atoms with Crippen LogP contribution in [0.1, 0.15) is 23.5 Å². The molecule has 148 valence electrons. The number of methoxy groups -OCH3 is 1.